The van der Waals surface area contributed by atoms with Crippen molar-refractivity contribution < 1.29 is 4.74 Å². The smallest absolute Gasteiger partial charge is 0.120 e. The summed E-state index contributed by atoms with van der Waals surface area (Å²) < 4.78 is 8.84. The van der Waals surface area contributed by atoms with Crippen LogP contribution in [0.15, 0.2) is 28.7 Å². The Bertz CT molecular complexity index is 595. The van der Waals surface area contributed by atoms with Gasteiger partial charge in [0, 0.05) is 10.2 Å². The molecule has 0 atom stereocenters. The predicted molar refractivity (Wildman–Crippen MR) is 89.0 cm³/mol. The van der Waals surface area contributed by atoms with Crippen molar-refractivity contribution in [3.05, 3.63) is 45.7 Å². The minimum atomic E-state index is 0.615. The number of aromatic nitrogens is 2. The molecule has 0 aliphatic rings. The molecule has 0 amide bonds. The molecular weight excluding hydrogens is 330 g/mol. The van der Waals surface area contributed by atoms with Crippen molar-refractivity contribution in [3.8, 4) is 5.75 Å². The lowest BCUT2D eigenvalue weighted by atomic mass is 10.1. The molecule has 0 bridgehead atoms. The molecule has 2 aromatic rings. The van der Waals surface area contributed by atoms with Gasteiger partial charge in [-0.3, -0.25) is 4.68 Å². The monoisotopic (exact) mass is 351 g/mol. The standard InChI is InChI=1S/C16H22BrN3O/c1-12-16(7-8-18-3)13(2)20(19-12)9-10-21-15-6-4-5-14(17)11-15/h4-6,11,18H,7-10H2,1-3H3. The first kappa shape index (κ1) is 16.0. The molecule has 1 heterocycles. The molecule has 21 heavy (non-hydrogen) atoms. The molecule has 0 aliphatic heterocycles. The summed E-state index contributed by atoms with van der Waals surface area (Å²) in [4.78, 5) is 0. The van der Waals surface area contributed by atoms with E-state index in [0.717, 1.165) is 35.4 Å². The number of benzene rings is 1. The summed E-state index contributed by atoms with van der Waals surface area (Å²) in [7, 11) is 1.97. The molecule has 0 saturated carbocycles. The van der Waals surface area contributed by atoms with E-state index in [4.69, 9.17) is 4.74 Å². The molecule has 1 aromatic heterocycles. The van der Waals surface area contributed by atoms with E-state index in [1.165, 1.54) is 11.3 Å². The number of nitrogens with zero attached hydrogens (tertiary/aromatic N) is 2. The normalized spacial score (nSPS) is 10.9. The van der Waals surface area contributed by atoms with Crippen LogP contribution in [0.3, 0.4) is 0 Å². The van der Waals surface area contributed by atoms with Crippen LogP contribution in [0.4, 0.5) is 0 Å². The minimum absolute atomic E-state index is 0.615. The second-order valence-electron chi connectivity index (χ2n) is 5.03. The average molecular weight is 352 g/mol. The van der Waals surface area contributed by atoms with Crippen LogP contribution in [0.1, 0.15) is 17.0 Å². The van der Waals surface area contributed by atoms with Crippen LogP contribution in [-0.4, -0.2) is 30.0 Å². The maximum absolute atomic E-state index is 5.77. The van der Waals surface area contributed by atoms with Gasteiger partial charge in [-0.1, -0.05) is 22.0 Å². The zero-order chi connectivity index (χ0) is 15.2. The molecule has 5 heteroatoms. The van der Waals surface area contributed by atoms with Gasteiger partial charge >= 0.3 is 0 Å². The highest BCUT2D eigenvalue weighted by molar-refractivity contribution is 9.10. The van der Waals surface area contributed by atoms with Crippen molar-refractivity contribution in [2.45, 2.75) is 26.8 Å². The number of halogens is 1. The summed E-state index contributed by atoms with van der Waals surface area (Å²) >= 11 is 3.44. The highest BCUT2D eigenvalue weighted by Gasteiger charge is 2.10. The van der Waals surface area contributed by atoms with E-state index < -0.39 is 0 Å². The van der Waals surface area contributed by atoms with Crippen LogP contribution in [0.25, 0.3) is 0 Å². The van der Waals surface area contributed by atoms with E-state index in [1.807, 2.05) is 36.0 Å². The van der Waals surface area contributed by atoms with Crippen molar-refractivity contribution in [2.24, 2.45) is 0 Å². The van der Waals surface area contributed by atoms with Crippen molar-refractivity contribution in [1.82, 2.24) is 15.1 Å². The number of rotatable bonds is 7. The highest BCUT2D eigenvalue weighted by atomic mass is 79.9. The number of hydrogen-bond donors (Lipinski definition) is 1. The van der Waals surface area contributed by atoms with Crippen LogP contribution in [0.2, 0.25) is 0 Å². The number of ether oxygens (including phenoxy) is 1. The maximum atomic E-state index is 5.77. The van der Waals surface area contributed by atoms with Gasteiger partial charge in [0.1, 0.15) is 12.4 Å². The third kappa shape index (κ3) is 4.32. The van der Waals surface area contributed by atoms with Gasteiger partial charge in [-0.25, -0.2) is 0 Å². The van der Waals surface area contributed by atoms with Crippen LogP contribution >= 0.6 is 15.9 Å². The maximum Gasteiger partial charge on any atom is 0.120 e. The van der Waals surface area contributed by atoms with Crippen LogP contribution in [-0.2, 0) is 13.0 Å². The summed E-state index contributed by atoms with van der Waals surface area (Å²) in [6, 6.07) is 7.89. The molecule has 0 fully saturated rings. The number of hydrogen-bond acceptors (Lipinski definition) is 3. The zero-order valence-corrected chi connectivity index (χ0v) is 14.4. The van der Waals surface area contributed by atoms with E-state index in [0.29, 0.717) is 6.61 Å². The van der Waals surface area contributed by atoms with Gasteiger partial charge in [-0.05, 0) is 57.6 Å². The summed E-state index contributed by atoms with van der Waals surface area (Å²) in [5.41, 5.74) is 3.69. The van der Waals surface area contributed by atoms with Crippen LogP contribution < -0.4 is 10.1 Å². The lowest BCUT2D eigenvalue weighted by Gasteiger charge is -2.08. The lowest BCUT2D eigenvalue weighted by Crippen LogP contribution is -2.13. The molecule has 0 spiro atoms. The van der Waals surface area contributed by atoms with E-state index in [2.05, 4.69) is 40.2 Å². The number of likely N-dealkylation sites (N-methyl/N-ethyl adjacent to an activating group) is 1. The molecule has 1 N–H and O–H groups in total. The molecule has 0 aliphatic carbocycles. The van der Waals surface area contributed by atoms with Crippen LogP contribution in [0, 0.1) is 13.8 Å². The number of aryl methyl sites for hydroxylation is 1. The minimum Gasteiger partial charge on any atom is -0.492 e. The summed E-state index contributed by atoms with van der Waals surface area (Å²) in [5.74, 6) is 0.876. The fourth-order valence-corrected chi connectivity index (χ4v) is 2.75. The molecule has 4 nitrogen and oxygen atoms in total. The molecule has 1 aromatic carbocycles. The number of nitrogens with one attached hydrogen (secondary N) is 1. The molecular formula is C16H22BrN3O. The Morgan fingerprint density at radius 1 is 1.33 bits per heavy atom. The van der Waals surface area contributed by atoms with Gasteiger partial charge in [-0.15, -0.1) is 0 Å². The highest BCUT2D eigenvalue weighted by Crippen LogP contribution is 2.18. The second-order valence-corrected chi connectivity index (χ2v) is 5.95. The summed E-state index contributed by atoms with van der Waals surface area (Å²) in [5, 5.41) is 7.80. The average Bonchev–Trinajstić information content (AvgIpc) is 2.72. The third-order valence-electron chi connectivity index (χ3n) is 3.52. The first-order valence-corrected chi connectivity index (χ1v) is 7.97. The van der Waals surface area contributed by atoms with Gasteiger partial charge in [0.25, 0.3) is 0 Å². The second kappa shape index (κ2) is 7.61. The van der Waals surface area contributed by atoms with Crippen molar-refractivity contribution in [3.63, 3.8) is 0 Å². The van der Waals surface area contributed by atoms with Gasteiger partial charge in [0.2, 0.25) is 0 Å². The van der Waals surface area contributed by atoms with E-state index in [-0.39, 0.29) is 0 Å². The van der Waals surface area contributed by atoms with Crippen molar-refractivity contribution in [2.75, 3.05) is 20.2 Å². The Balaban J connectivity index is 1.94. The molecule has 114 valence electrons. The molecule has 0 saturated heterocycles. The Hall–Kier alpha value is -1.33. The SMILES string of the molecule is CNCCc1c(C)nn(CCOc2cccc(Br)c2)c1C. The van der Waals surface area contributed by atoms with Gasteiger partial charge in [0.15, 0.2) is 0 Å². The Kier molecular flexibility index (Phi) is 5.82. The Morgan fingerprint density at radius 3 is 2.86 bits per heavy atom. The largest absolute Gasteiger partial charge is 0.492 e. The van der Waals surface area contributed by atoms with Crippen molar-refractivity contribution in [1.29, 1.82) is 0 Å². The van der Waals surface area contributed by atoms with Crippen molar-refractivity contribution >= 4 is 15.9 Å². The Morgan fingerprint density at radius 2 is 2.14 bits per heavy atom. The lowest BCUT2D eigenvalue weighted by molar-refractivity contribution is 0.289. The first-order valence-electron chi connectivity index (χ1n) is 7.17. The third-order valence-corrected chi connectivity index (χ3v) is 4.02. The fourth-order valence-electron chi connectivity index (χ4n) is 2.37. The molecule has 0 radical (unpaired) electrons. The molecule has 0 unspecified atom stereocenters. The van der Waals surface area contributed by atoms with Gasteiger partial charge in [-0.2, -0.15) is 5.10 Å². The fraction of sp³-hybridized carbons (Fsp3) is 0.438. The quantitative estimate of drug-likeness (QED) is 0.832. The zero-order valence-electron chi connectivity index (χ0n) is 12.8. The Labute approximate surface area is 134 Å². The van der Waals surface area contributed by atoms with E-state index >= 15 is 0 Å². The van der Waals surface area contributed by atoms with E-state index in [9.17, 15) is 0 Å². The predicted octanol–water partition coefficient (Wildman–Crippen LogP) is 3.10. The van der Waals surface area contributed by atoms with E-state index in [1.54, 1.807) is 0 Å². The topological polar surface area (TPSA) is 39.1 Å². The van der Waals surface area contributed by atoms with Gasteiger partial charge < -0.3 is 10.1 Å². The first-order chi connectivity index (χ1) is 10.1. The molecule has 2 rings (SSSR count). The summed E-state index contributed by atoms with van der Waals surface area (Å²) in [6.45, 7) is 6.55. The van der Waals surface area contributed by atoms with Gasteiger partial charge in [0.05, 0.1) is 12.2 Å². The van der Waals surface area contributed by atoms with Crippen LogP contribution in [0.5, 0.6) is 5.75 Å². The summed E-state index contributed by atoms with van der Waals surface area (Å²) in [6.07, 6.45) is 1.01.